The van der Waals surface area contributed by atoms with Crippen LogP contribution in [0.1, 0.15) is 17.2 Å². The first kappa shape index (κ1) is 15.0. The quantitative estimate of drug-likeness (QED) is 0.567. The molecular formula is C21H17BrN2. The van der Waals surface area contributed by atoms with Crippen molar-refractivity contribution in [2.75, 3.05) is 10.6 Å². The Morgan fingerprint density at radius 2 is 1.38 bits per heavy atom. The summed E-state index contributed by atoms with van der Waals surface area (Å²) in [5, 5.41) is 7.23. The van der Waals surface area contributed by atoms with Gasteiger partial charge in [0.05, 0.1) is 17.4 Å². The maximum Gasteiger partial charge on any atom is 0.0732 e. The second-order valence-corrected chi connectivity index (χ2v) is 6.61. The SMILES string of the molecule is Brc1ccccc1[C@@H]1C=C(c2ccccc2)Nc2ccccc2N1. The molecule has 0 fully saturated rings. The molecule has 1 atom stereocenters. The maximum atomic E-state index is 3.68. The molecule has 1 aliphatic rings. The molecule has 0 saturated heterocycles. The van der Waals surface area contributed by atoms with E-state index in [0.717, 1.165) is 21.5 Å². The van der Waals surface area contributed by atoms with Gasteiger partial charge < -0.3 is 10.6 Å². The number of hydrogen-bond acceptors (Lipinski definition) is 2. The fourth-order valence-electron chi connectivity index (χ4n) is 2.96. The van der Waals surface area contributed by atoms with Gasteiger partial charge in [-0.25, -0.2) is 0 Å². The van der Waals surface area contributed by atoms with Crippen LogP contribution in [0.15, 0.2) is 89.4 Å². The molecule has 2 N–H and O–H groups in total. The summed E-state index contributed by atoms with van der Waals surface area (Å²) in [5.74, 6) is 0. The lowest BCUT2D eigenvalue weighted by molar-refractivity contribution is 0.984. The van der Waals surface area contributed by atoms with E-state index in [0.29, 0.717) is 0 Å². The van der Waals surface area contributed by atoms with Gasteiger partial charge in [0.25, 0.3) is 0 Å². The number of anilines is 2. The van der Waals surface area contributed by atoms with Gasteiger partial charge in [0.2, 0.25) is 0 Å². The fourth-order valence-corrected chi connectivity index (χ4v) is 3.49. The van der Waals surface area contributed by atoms with Crippen LogP contribution in [0, 0.1) is 0 Å². The second-order valence-electron chi connectivity index (χ2n) is 5.76. The number of hydrogen-bond donors (Lipinski definition) is 2. The van der Waals surface area contributed by atoms with Gasteiger partial charge in [0.1, 0.15) is 0 Å². The average molecular weight is 377 g/mol. The lowest BCUT2D eigenvalue weighted by Gasteiger charge is -2.17. The van der Waals surface area contributed by atoms with E-state index in [-0.39, 0.29) is 6.04 Å². The van der Waals surface area contributed by atoms with Gasteiger partial charge in [-0.3, -0.25) is 0 Å². The first-order valence-corrected chi connectivity index (χ1v) is 8.75. The minimum atomic E-state index is 0.0759. The maximum absolute atomic E-state index is 3.68. The molecule has 0 amide bonds. The number of halogens is 1. The highest BCUT2D eigenvalue weighted by atomic mass is 79.9. The van der Waals surface area contributed by atoms with Crippen molar-refractivity contribution >= 4 is 33.0 Å². The smallest absolute Gasteiger partial charge is 0.0732 e. The zero-order valence-electron chi connectivity index (χ0n) is 13.0. The van der Waals surface area contributed by atoms with E-state index < -0.39 is 0 Å². The largest absolute Gasteiger partial charge is 0.373 e. The lowest BCUT2D eigenvalue weighted by atomic mass is 10.0. The number of fused-ring (bicyclic) bond motifs is 1. The molecule has 0 unspecified atom stereocenters. The summed E-state index contributed by atoms with van der Waals surface area (Å²) in [5.41, 5.74) is 5.67. The summed E-state index contributed by atoms with van der Waals surface area (Å²) in [4.78, 5) is 0. The van der Waals surface area contributed by atoms with E-state index >= 15 is 0 Å². The summed E-state index contributed by atoms with van der Waals surface area (Å²) in [7, 11) is 0. The molecule has 24 heavy (non-hydrogen) atoms. The first-order valence-electron chi connectivity index (χ1n) is 7.95. The zero-order valence-corrected chi connectivity index (χ0v) is 14.6. The lowest BCUT2D eigenvalue weighted by Crippen LogP contribution is -2.08. The molecule has 0 bridgehead atoms. The van der Waals surface area contributed by atoms with Gasteiger partial charge in [0, 0.05) is 10.2 Å². The van der Waals surface area contributed by atoms with E-state index in [1.165, 1.54) is 11.1 Å². The van der Waals surface area contributed by atoms with Crippen LogP contribution in [0.5, 0.6) is 0 Å². The van der Waals surface area contributed by atoms with Crippen molar-refractivity contribution in [3.05, 3.63) is 101 Å². The Kier molecular flexibility index (Phi) is 4.09. The molecule has 4 rings (SSSR count). The Balaban J connectivity index is 1.85. The highest BCUT2D eigenvalue weighted by Gasteiger charge is 2.19. The highest BCUT2D eigenvalue weighted by Crippen LogP contribution is 2.36. The van der Waals surface area contributed by atoms with Crippen molar-refractivity contribution in [3.8, 4) is 0 Å². The summed E-state index contributed by atoms with van der Waals surface area (Å²) >= 11 is 3.68. The Labute approximate surface area is 150 Å². The van der Waals surface area contributed by atoms with Crippen molar-refractivity contribution in [3.63, 3.8) is 0 Å². The van der Waals surface area contributed by atoms with Crippen LogP contribution in [0.25, 0.3) is 5.70 Å². The molecule has 3 aromatic carbocycles. The van der Waals surface area contributed by atoms with Gasteiger partial charge >= 0.3 is 0 Å². The van der Waals surface area contributed by atoms with Crippen molar-refractivity contribution in [1.82, 2.24) is 0 Å². The average Bonchev–Trinajstić information content (AvgIpc) is 2.82. The topological polar surface area (TPSA) is 24.1 Å². The van der Waals surface area contributed by atoms with E-state index in [2.05, 4.69) is 99.4 Å². The predicted octanol–water partition coefficient (Wildman–Crippen LogP) is 6.07. The molecule has 1 aliphatic heterocycles. The Morgan fingerprint density at radius 3 is 2.17 bits per heavy atom. The summed E-state index contributed by atoms with van der Waals surface area (Å²) < 4.78 is 1.10. The van der Waals surface area contributed by atoms with Crippen LogP contribution >= 0.6 is 15.9 Å². The van der Waals surface area contributed by atoms with Crippen molar-refractivity contribution in [1.29, 1.82) is 0 Å². The van der Waals surface area contributed by atoms with Crippen molar-refractivity contribution < 1.29 is 0 Å². The Bertz CT molecular complexity index is 887. The van der Waals surface area contributed by atoms with Crippen molar-refractivity contribution in [2.24, 2.45) is 0 Å². The van der Waals surface area contributed by atoms with Crippen LogP contribution in [-0.2, 0) is 0 Å². The third-order valence-electron chi connectivity index (χ3n) is 4.17. The van der Waals surface area contributed by atoms with E-state index in [1.807, 2.05) is 12.1 Å². The molecule has 3 aromatic rings. The molecule has 0 spiro atoms. The number of rotatable bonds is 2. The molecule has 2 nitrogen and oxygen atoms in total. The Hall–Kier alpha value is -2.52. The molecular weight excluding hydrogens is 360 g/mol. The van der Waals surface area contributed by atoms with Crippen LogP contribution < -0.4 is 10.6 Å². The highest BCUT2D eigenvalue weighted by molar-refractivity contribution is 9.10. The molecule has 118 valence electrons. The van der Waals surface area contributed by atoms with Crippen LogP contribution in [0.4, 0.5) is 11.4 Å². The summed E-state index contributed by atoms with van der Waals surface area (Å²) in [6, 6.07) is 27.2. The van der Waals surface area contributed by atoms with Crippen LogP contribution in [0.2, 0.25) is 0 Å². The fraction of sp³-hybridized carbons (Fsp3) is 0.0476. The third-order valence-corrected chi connectivity index (χ3v) is 4.89. The third kappa shape index (κ3) is 2.95. The molecule has 0 radical (unpaired) electrons. The van der Waals surface area contributed by atoms with E-state index in [1.54, 1.807) is 0 Å². The minimum absolute atomic E-state index is 0.0759. The number of para-hydroxylation sites is 2. The predicted molar refractivity (Wildman–Crippen MR) is 105 cm³/mol. The van der Waals surface area contributed by atoms with Gasteiger partial charge in [0.15, 0.2) is 0 Å². The molecule has 0 aliphatic carbocycles. The molecule has 1 heterocycles. The molecule has 3 heteroatoms. The van der Waals surface area contributed by atoms with Crippen LogP contribution in [-0.4, -0.2) is 0 Å². The standard InChI is InChI=1S/C21H17BrN2/c22-17-11-5-4-10-16(17)21-14-20(15-8-2-1-3-9-15)23-18-12-6-7-13-19(18)24-21/h1-14,21,23-24H/t21-/m0/s1. The zero-order chi connectivity index (χ0) is 16.4. The summed E-state index contributed by atoms with van der Waals surface area (Å²) in [6.45, 7) is 0. The first-order chi connectivity index (χ1) is 11.8. The summed E-state index contributed by atoms with van der Waals surface area (Å²) in [6.07, 6.45) is 2.25. The second kappa shape index (κ2) is 6.54. The number of nitrogens with one attached hydrogen (secondary N) is 2. The Morgan fingerprint density at radius 1 is 0.708 bits per heavy atom. The van der Waals surface area contributed by atoms with Gasteiger partial charge in [-0.05, 0) is 35.4 Å². The molecule has 0 aromatic heterocycles. The minimum Gasteiger partial charge on any atom is -0.373 e. The van der Waals surface area contributed by atoms with Gasteiger partial charge in [-0.1, -0.05) is 76.6 Å². The normalized spacial score (nSPS) is 16.2. The van der Waals surface area contributed by atoms with E-state index in [9.17, 15) is 0 Å². The monoisotopic (exact) mass is 376 g/mol. The van der Waals surface area contributed by atoms with Crippen molar-refractivity contribution in [2.45, 2.75) is 6.04 Å². The number of benzene rings is 3. The molecule has 0 saturated carbocycles. The van der Waals surface area contributed by atoms with E-state index in [4.69, 9.17) is 0 Å². The van der Waals surface area contributed by atoms with Gasteiger partial charge in [-0.2, -0.15) is 0 Å². The van der Waals surface area contributed by atoms with Crippen LogP contribution in [0.3, 0.4) is 0 Å². The van der Waals surface area contributed by atoms with Gasteiger partial charge in [-0.15, -0.1) is 0 Å².